The van der Waals surface area contributed by atoms with Gasteiger partial charge in [0.05, 0.1) is 4.90 Å². The molecule has 0 fully saturated rings. The summed E-state index contributed by atoms with van der Waals surface area (Å²) in [7, 11) is -3.50. The van der Waals surface area contributed by atoms with Crippen LogP contribution < -0.4 is 5.73 Å². The maximum Gasteiger partial charge on any atom is 0.243 e. The van der Waals surface area contributed by atoms with Crippen molar-refractivity contribution >= 4 is 21.6 Å². The number of hydrogen-bond acceptors (Lipinski definition) is 3. The molecular formula is C13H21ClN2O2S. The molecule has 0 aliphatic heterocycles. The highest BCUT2D eigenvalue weighted by Crippen LogP contribution is 2.24. The van der Waals surface area contributed by atoms with E-state index in [0.717, 1.165) is 12.0 Å². The van der Waals surface area contributed by atoms with Gasteiger partial charge in [-0.1, -0.05) is 31.5 Å². The number of sulfonamides is 1. The number of rotatable bonds is 6. The summed E-state index contributed by atoms with van der Waals surface area (Å²) in [4.78, 5) is 0.219. The van der Waals surface area contributed by atoms with Crippen LogP contribution in [0.1, 0.15) is 32.8 Å². The van der Waals surface area contributed by atoms with Crippen LogP contribution in [0.5, 0.6) is 0 Å². The molecule has 1 aromatic carbocycles. The monoisotopic (exact) mass is 304 g/mol. The van der Waals surface area contributed by atoms with Crippen molar-refractivity contribution < 1.29 is 8.42 Å². The Morgan fingerprint density at radius 2 is 2.00 bits per heavy atom. The summed E-state index contributed by atoms with van der Waals surface area (Å²) in [6, 6.07) is 4.67. The summed E-state index contributed by atoms with van der Waals surface area (Å²) in [5.74, 6) is 0. The zero-order valence-corrected chi connectivity index (χ0v) is 13.1. The normalized spacial score (nSPS) is 13.8. The highest BCUT2D eigenvalue weighted by atomic mass is 35.5. The minimum atomic E-state index is -3.50. The van der Waals surface area contributed by atoms with Crippen LogP contribution >= 0.6 is 11.6 Å². The van der Waals surface area contributed by atoms with E-state index < -0.39 is 10.0 Å². The predicted molar refractivity (Wildman–Crippen MR) is 78.7 cm³/mol. The molecule has 0 aliphatic carbocycles. The lowest BCUT2D eigenvalue weighted by molar-refractivity contribution is 0.342. The average molecular weight is 305 g/mol. The van der Waals surface area contributed by atoms with Crippen molar-refractivity contribution in [2.24, 2.45) is 5.73 Å². The SMILES string of the molecule is CCC(C)N(CC)S(=O)(=O)c1ccc(CN)c(Cl)c1. The van der Waals surface area contributed by atoms with Gasteiger partial charge in [0.2, 0.25) is 10.0 Å². The van der Waals surface area contributed by atoms with Crippen LogP contribution in [-0.4, -0.2) is 25.3 Å². The summed E-state index contributed by atoms with van der Waals surface area (Å²) in [5.41, 5.74) is 6.26. The van der Waals surface area contributed by atoms with Gasteiger partial charge >= 0.3 is 0 Å². The number of nitrogens with zero attached hydrogens (tertiary/aromatic N) is 1. The lowest BCUT2D eigenvalue weighted by Crippen LogP contribution is -2.38. The van der Waals surface area contributed by atoms with Gasteiger partial charge in [-0.2, -0.15) is 4.31 Å². The Bertz CT molecular complexity index is 531. The van der Waals surface area contributed by atoms with Crippen LogP contribution in [0.2, 0.25) is 5.02 Å². The molecule has 0 saturated heterocycles. The van der Waals surface area contributed by atoms with Crippen molar-refractivity contribution in [2.45, 2.75) is 44.7 Å². The molecule has 1 aromatic rings. The Morgan fingerprint density at radius 1 is 1.37 bits per heavy atom. The number of benzene rings is 1. The second-order valence-electron chi connectivity index (χ2n) is 4.42. The van der Waals surface area contributed by atoms with E-state index in [-0.39, 0.29) is 10.9 Å². The summed E-state index contributed by atoms with van der Waals surface area (Å²) in [6.07, 6.45) is 0.766. The molecule has 0 aromatic heterocycles. The zero-order valence-electron chi connectivity index (χ0n) is 11.6. The van der Waals surface area contributed by atoms with Crippen molar-refractivity contribution in [2.75, 3.05) is 6.54 Å². The smallest absolute Gasteiger partial charge is 0.243 e. The van der Waals surface area contributed by atoms with Crippen molar-refractivity contribution in [3.05, 3.63) is 28.8 Å². The third-order valence-corrected chi connectivity index (χ3v) is 5.68. The maximum absolute atomic E-state index is 12.6. The van der Waals surface area contributed by atoms with Gasteiger partial charge in [0.1, 0.15) is 0 Å². The van der Waals surface area contributed by atoms with Gasteiger partial charge in [-0.3, -0.25) is 0 Å². The first-order valence-electron chi connectivity index (χ1n) is 6.38. The van der Waals surface area contributed by atoms with Crippen molar-refractivity contribution in [3.8, 4) is 0 Å². The van der Waals surface area contributed by atoms with E-state index in [1.165, 1.54) is 10.4 Å². The van der Waals surface area contributed by atoms with E-state index in [2.05, 4.69) is 0 Å². The Balaban J connectivity index is 3.22. The molecule has 0 amide bonds. The fraction of sp³-hybridized carbons (Fsp3) is 0.538. The first kappa shape index (κ1) is 16.4. The lowest BCUT2D eigenvalue weighted by Gasteiger charge is -2.26. The van der Waals surface area contributed by atoms with Crippen LogP contribution in [0.15, 0.2) is 23.1 Å². The molecule has 0 bridgehead atoms. The predicted octanol–water partition coefficient (Wildman–Crippen LogP) is 2.61. The van der Waals surface area contributed by atoms with E-state index in [1.54, 1.807) is 12.1 Å². The summed E-state index contributed by atoms with van der Waals surface area (Å²) in [5, 5.41) is 0.392. The molecule has 0 aliphatic rings. The lowest BCUT2D eigenvalue weighted by atomic mass is 10.2. The van der Waals surface area contributed by atoms with Crippen LogP contribution in [-0.2, 0) is 16.6 Å². The number of halogens is 1. The van der Waals surface area contributed by atoms with E-state index in [1.807, 2.05) is 20.8 Å². The maximum atomic E-state index is 12.6. The van der Waals surface area contributed by atoms with Gasteiger partial charge in [-0.25, -0.2) is 8.42 Å². The quantitative estimate of drug-likeness (QED) is 0.878. The van der Waals surface area contributed by atoms with E-state index in [9.17, 15) is 8.42 Å². The highest BCUT2D eigenvalue weighted by molar-refractivity contribution is 7.89. The molecule has 19 heavy (non-hydrogen) atoms. The first-order valence-corrected chi connectivity index (χ1v) is 8.20. The highest BCUT2D eigenvalue weighted by Gasteiger charge is 2.27. The largest absolute Gasteiger partial charge is 0.326 e. The molecule has 1 unspecified atom stereocenters. The average Bonchev–Trinajstić information content (AvgIpc) is 2.38. The molecule has 6 heteroatoms. The Hall–Kier alpha value is -0.620. The molecular weight excluding hydrogens is 284 g/mol. The topological polar surface area (TPSA) is 63.4 Å². The van der Waals surface area contributed by atoms with E-state index >= 15 is 0 Å². The van der Waals surface area contributed by atoms with Gasteiger partial charge in [0, 0.05) is 24.2 Å². The number of nitrogens with two attached hydrogens (primary N) is 1. The Morgan fingerprint density at radius 3 is 2.42 bits per heavy atom. The Kier molecular flexibility index (Phi) is 5.80. The minimum Gasteiger partial charge on any atom is -0.326 e. The molecule has 1 atom stereocenters. The molecule has 0 heterocycles. The third kappa shape index (κ3) is 3.48. The summed E-state index contributed by atoms with van der Waals surface area (Å²) < 4.78 is 26.6. The van der Waals surface area contributed by atoms with E-state index in [0.29, 0.717) is 18.1 Å². The fourth-order valence-electron chi connectivity index (χ4n) is 1.91. The van der Waals surface area contributed by atoms with Gasteiger partial charge < -0.3 is 5.73 Å². The van der Waals surface area contributed by atoms with Crippen molar-refractivity contribution in [1.82, 2.24) is 4.31 Å². The van der Waals surface area contributed by atoms with Gasteiger partial charge in [-0.05, 0) is 31.0 Å². The van der Waals surface area contributed by atoms with Crippen molar-refractivity contribution in [1.29, 1.82) is 0 Å². The Labute approximate surface area is 120 Å². The molecule has 2 N–H and O–H groups in total. The second kappa shape index (κ2) is 6.70. The molecule has 1 rings (SSSR count). The van der Waals surface area contributed by atoms with Gasteiger partial charge in [0.25, 0.3) is 0 Å². The summed E-state index contributed by atoms with van der Waals surface area (Å²) >= 11 is 6.03. The number of hydrogen-bond donors (Lipinski definition) is 1. The summed E-state index contributed by atoms with van der Waals surface area (Å²) in [6.45, 7) is 6.43. The fourth-order valence-corrected chi connectivity index (χ4v) is 3.97. The van der Waals surface area contributed by atoms with Crippen LogP contribution in [0, 0.1) is 0 Å². The molecule has 108 valence electrons. The van der Waals surface area contributed by atoms with Crippen LogP contribution in [0.25, 0.3) is 0 Å². The first-order chi connectivity index (χ1) is 8.88. The second-order valence-corrected chi connectivity index (χ2v) is 6.72. The standard InChI is InChI=1S/C13H21ClN2O2S/c1-4-10(3)16(5-2)19(17,18)12-7-6-11(9-15)13(14)8-12/h6-8,10H,4-5,9,15H2,1-3H3. The zero-order chi connectivity index (χ0) is 14.6. The third-order valence-electron chi connectivity index (χ3n) is 3.25. The molecule has 4 nitrogen and oxygen atoms in total. The van der Waals surface area contributed by atoms with Crippen LogP contribution in [0.3, 0.4) is 0 Å². The van der Waals surface area contributed by atoms with Crippen LogP contribution in [0.4, 0.5) is 0 Å². The molecule has 0 saturated carbocycles. The van der Waals surface area contributed by atoms with E-state index in [4.69, 9.17) is 17.3 Å². The molecule has 0 spiro atoms. The minimum absolute atomic E-state index is 0.0389. The molecule has 0 radical (unpaired) electrons. The van der Waals surface area contributed by atoms with Gasteiger partial charge in [-0.15, -0.1) is 0 Å². The van der Waals surface area contributed by atoms with Crippen molar-refractivity contribution in [3.63, 3.8) is 0 Å². The van der Waals surface area contributed by atoms with Gasteiger partial charge in [0.15, 0.2) is 0 Å².